The highest BCUT2D eigenvalue weighted by Gasteiger charge is 2.49. The summed E-state index contributed by atoms with van der Waals surface area (Å²) in [5, 5.41) is 2.64. The van der Waals surface area contributed by atoms with Gasteiger partial charge in [0.05, 0.1) is 0 Å². The number of hydrogen-bond donors (Lipinski definition) is 0. The zero-order chi connectivity index (χ0) is 32.3. The van der Waals surface area contributed by atoms with E-state index in [1.807, 2.05) is 11.3 Å². The summed E-state index contributed by atoms with van der Waals surface area (Å²) >= 11 is 1.87. The Kier molecular flexibility index (Phi) is 5.88. The van der Waals surface area contributed by atoms with Gasteiger partial charge in [0.15, 0.2) is 0 Å². The second kappa shape index (κ2) is 9.69. The molecule has 0 spiro atoms. The van der Waals surface area contributed by atoms with Crippen LogP contribution in [-0.4, -0.2) is 0 Å². The smallest absolute Gasteiger partial charge is 0.0468 e. The van der Waals surface area contributed by atoms with E-state index < -0.39 is 0 Å². The molecule has 0 fully saturated rings. The standard InChI is InChI=1S/C45H39NS/c1-43(2)38-27-30(46(28-14-8-7-9-15-28)29-21-25-40-35(26-29)32-16-11-13-19-39(32)47-40)20-22-31(38)33-23-24-37-41(42(33)43)34-17-10-12-18-36(34)44(3,4)45(37,5)6/h7-27H,1-6H3. The largest absolute Gasteiger partial charge is 0.310 e. The second-order valence-corrected chi connectivity index (χ2v) is 16.1. The van der Waals surface area contributed by atoms with E-state index in [9.17, 15) is 0 Å². The topological polar surface area (TPSA) is 3.24 Å². The van der Waals surface area contributed by atoms with Crippen molar-refractivity contribution in [2.24, 2.45) is 0 Å². The molecule has 1 nitrogen and oxygen atoms in total. The van der Waals surface area contributed by atoms with Crippen LogP contribution in [0.3, 0.4) is 0 Å². The summed E-state index contributed by atoms with van der Waals surface area (Å²) in [6.07, 6.45) is 0. The molecule has 6 aromatic carbocycles. The summed E-state index contributed by atoms with van der Waals surface area (Å²) in [6.45, 7) is 14.6. The van der Waals surface area contributed by atoms with E-state index in [0.717, 1.165) is 5.69 Å². The number of para-hydroxylation sites is 1. The van der Waals surface area contributed by atoms with E-state index in [1.54, 1.807) is 0 Å². The Morgan fingerprint density at radius 1 is 0.447 bits per heavy atom. The third-order valence-corrected chi connectivity index (χ3v) is 12.9. The van der Waals surface area contributed by atoms with E-state index in [-0.39, 0.29) is 16.2 Å². The van der Waals surface area contributed by atoms with Gasteiger partial charge in [0.25, 0.3) is 0 Å². The third-order valence-electron chi connectivity index (χ3n) is 11.8. The Morgan fingerprint density at radius 2 is 1.09 bits per heavy atom. The van der Waals surface area contributed by atoms with Crippen molar-refractivity contribution in [3.05, 3.63) is 150 Å². The number of fused-ring (bicyclic) bond motifs is 10. The first kappa shape index (κ1) is 28.6. The van der Waals surface area contributed by atoms with Crippen LogP contribution >= 0.6 is 11.3 Å². The van der Waals surface area contributed by atoms with Crippen molar-refractivity contribution in [2.75, 3.05) is 4.90 Å². The number of nitrogens with zero attached hydrogens (tertiary/aromatic N) is 1. The van der Waals surface area contributed by atoms with E-state index in [4.69, 9.17) is 0 Å². The Balaban J connectivity index is 1.25. The van der Waals surface area contributed by atoms with Crippen molar-refractivity contribution in [1.29, 1.82) is 0 Å². The van der Waals surface area contributed by atoms with Crippen LogP contribution in [0.25, 0.3) is 42.4 Å². The Bertz CT molecular complexity index is 2390. The molecule has 7 aromatic rings. The average molecular weight is 626 g/mol. The normalized spacial score (nSPS) is 16.4. The summed E-state index contributed by atoms with van der Waals surface area (Å²) < 4.78 is 2.66. The molecule has 2 aliphatic carbocycles. The van der Waals surface area contributed by atoms with Gasteiger partial charge in [-0.3, -0.25) is 0 Å². The van der Waals surface area contributed by atoms with Gasteiger partial charge in [0, 0.05) is 42.6 Å². The van der Waals surface area contributed by atoms with Gasteiger partial charge in [-0.25, -0.2) is 0 Å². The molecule has 9 rings (SSSR count). The highest BCUT2D eigenvalue weighted by Crippen LogP contribution is 2.61. The molecule has 0 radical (unpaired) electrons. The first-order valence-electron chi connectivity index (χ1n) is 16.8. The molecule has 47 heavy (non-hydrogen) atoms. The van der Waals surface area contributed by atoms with E-state index in [0.29, 0.717) is 0 Å². The number of rotatable bonds is 3. The Morgan fingerprint density at radius 3 is 1.91 bits per heavy atom. The fraction of sp³-hybridized carbons (Fsp3) is 0.200. The minimum atomic E-state index is -0.174. The number of hydrogen-bond acceptors (Lipinski definition) is 2. The quantitative estimate of drug-likeness (QED) is 0.189. The Hall–Kier alpha value is -4.66. The molecule has 0 unspecified atom stereocenters. The molecular weight excluding hydrogens is 587 g/mol. The van der Waals surface area contributed by atoms with Crippen LogP contribution in [0.1, 0.15) is 63.8 Å². The zero-order valence-corrected chi connectivity index (χ0v) is 28.8. The lowest BCUT2D eigenvalue weighted by Gasteiger charge is -2.49. The van der Waals surface area contributed by atoms with Gasteiger partial charge in [-0.15, -0.1) is 11.3 Å². The van der Waals surface area contributed by atoms with Gasteiger partial charge in [0.2, 0.25) is 0 Å². The average Bonchev–Trinajstić information content (AvgIpc) is 3.56. The lowest BCUT2D eigenvalue weighted by Crippen LogP contribution is -2.44. The minimum Gasteiger partial charge on any atom is -0.310 e. The minimum absolute atomic E-state index is 0.0126. The highest BCUT2D eigenvalue weighted by molar-refractivity contribution is 7.25. The SMILES string of the molecule is CC1(C)c2cc(N(c3ccccc3)c3ccc4sc5ccccc5c4c3)ccc2-c2ccc3c(c21)-c1ccccc1C(C)(C)C3(C)C. The summed E-state index contributed by atoms with van der Waals surface area (Å²) in [7, 11) is 0. The molecule has 0 bridgehead atoms. The maximum atomic E-state index is 2.47. The molecule has 230 valence electrons. The molecular formula is C45H39NS. The predicted octanol–water partition coefficient (Wildman–Crippen LogP) is 13.1. The van der Waals surface area contributed by atoms with E-state index in [2.05, 4.69) is 174 Å². The van der Waals surface area contributed by atoms with Gasteiger partial charge >= 0.3 is 0 Å². The third kappa shape index (κ3) is 3.82. The van der Waals surface area contributed by atoms with Crippen LogP contribution in [0.2, 0.25) is 0 Å². The molecule has 0 atom stereocenters. The van der Waals surface area contributed by atoms with E-state index >= 15 is 0 Å². The first-order chi connectivity index (χ1) is 22.6. The lowest BCUT2D eigenvalue weighted by molar-refractivity contribution is 0.298. The second-order valence-electron chi connectivity index (χ2n) is 15.0. The van der Waals surface area contributed by atoms with Gasteiger partial charge in [-0.2, -0.15) is 0 Å². The lowest BCUT2D eigenvalue weighted by atomic mass is 9.54. The van der Waals surface area contributed by atoms with Crippen molar-refractivity contribution in [3.8, 4) is 22.3 Å². The van der Waals surface area contributed by atoms with Crippen molar-refractivity contribution >= 4 is 48.6 Å². The predicted molar refractivity (Wildman–Crippen MR) is 203 cm³/mol. The van der Waals surface area contributed by atoms with Crippen molar-refractivity contribution in [3.63, 3.8) is 0 Å². The van der Waals surface area contributed by atoms with Gasteiger partial charge < -0.3 is 4.90 Å². The summed E-state index contributed by atoms with van der Waals surface area (Å²) in [6, 6.07) is 47.7. The molecule has 1 aromatic heterocycles. The van der Waals surface area contributed by atoms with Crippen molar-refractivity contribution < 1.29 is 0 Å². The summed E-state index contributed by atoms with van der Waals surface area (Å²) in [4.78, 5) is 2.43. The van der Waals surface area contributed by atoms with Crippen LogP contribution in [0, 0.1) is 0 Å². The fourth-order valence-electron chi connectivity index (χ4n) is 8.63. The van der Waals surface area contributed by atoms with Gasteiger partial charge in [-0.05, 0) is 104 Å². The molecule has 0 aliphatic heterocycles. The molecule has 0 amide bonds. The van der Waals surface area contributed by atoms with Crippen LogP contribution in [0.15, 0.2) is 127 Å². The molecule has 0 saturated carbocycles. The number of benzene rings is 6. The zero-order valence-electron chi connectivity index (χ0n) is 28.0. The van der Waals surface area contributed by atoms with Crippen molar-refractivity contribution in [2.45, 2.75) is 57.8 Å². The van der Waals surface area contributed by atoms with Crippen LogP contribution in [0.4, 0.5) is 17.1 Å². The maximum absolute atomic E-state index is 2.47. The van der Waals surface area contributed by atoms with Crippen LogP contribution in [-0.2, 0) is 16.2 Å². The number of anilines is 3. The molecule has 0 saturated heterocycles. The molecule has 2 heteroatoms. The summed E-state index contributed by atoms with van der Waals surface area (Å²) in [5.41, 5.74) is 14.7. The molecule has 0 N–H and O–H groups in total. The molecule has 1 heterocycles. The van der Waals surface area contributed by atoms with Gasteiger partial charge in [-0.1, -0.05) is 120 Å². The highest BCUT2D eigenvalue weighted by atomic mass is 32.1. The van der Waals surface area contributed by atoms with Gasteiger partial charge in [0.1, 0.15) is 0 Å². The monoisotopic (exact) mass is 625 g/mol. The number of thiophene rings is 1. The molecule has 2 aliphatic rings. The summed E-state index contributed by atoms with van der Waals surface area (Å²) in [5.74, 6) is 0. The van der Waals surface area contributed by atoms with Crippen molar-refractivity contribution in [1.82, 2.24) is 0 Å². The maximum Gasteiger partial charge on any atom is 0.0468 e. The first-order valence-corrected chi connectivity index (χ1v) is 17.6. The van der Waals surface area contributed by atoms with E-state index in [1.165, 1.54) is 76.1 Å². The van der Waals surface area contributed by atoms with Crippen LogP contribution in [0.5, 0.6) is 0 Å². The Labute approximate surface area is 282 Å². The fourth-order valence-corrected chi connectivity index (χ4v) is 9.72. The van der Waals surface area contributed by atoms with Crippen LogP contribution < -0.4 is 4.90 Å².